The third kappa shape index (κ3) is 6.06. The maximum Gasteiger partial charge on any atom is 0.416 e. The first kappa shape index (κ1) is 18.0. The minimum absolute atomic E-state index is 0.0785. The van der Waals surface area contributed by atoms with Gasteiger partial charge in [0.25, 0.3) is 0 Å². The lowest BCUT2D eigenvalue weighted by molar-refractivity contribution is -0.137. The Bertz CT molecular complexity index is 335. The van der Waals surface area contributed by atoms with Gasteiger partial charge >= 0.3 is 6.18 Å². The Morgan fingerprint density at radius 1 is 1.18 bits per heavy atom. The molecular formula is C12H18F3NO. The molecule has 5 heteroatoms. The summed E-state index contributed by atoms with van der Waals surface area (Å²) in [4.78, 5) is 10.3. The molecule has 0 amide bonds. The molecule has 0 heterocycles. The number of halogens is 3. The molecule has 0 aliphatic carbocycles. The second-order valence-corrected chi connectivity index (χ2v) is 2.69. The van der Waals surface area contributed by atoms with Gasteiger partial charge in [0.15, 0.2) is 0 Å². The van der Waals surface area contributed by atoms with Crippen molar-refractivity contribution in [1.29, 1.82) is 0 Å². The van der Waals surface area contributed by atoms with Gasteiger partial charge in [-0.2, -0.15) is 13.2 Å². The van der Waals surface area contributed by atoms with Gasteiger partial charge in [0, 0.05) is 5.56 Å². The number of aryl methyl sites for hydroxylation is 1. The molecule has 1 aromatic rings. The standard InChI is InChI=1S/C9H7F3O.C2H6.CH5N/c1-6-2-3-8(9(10,11)12)4-7(6)5-13;2*1-2/h2-5H,1H3;1-2H3;2H2,1H3. The molecule has 98 valence electrons. The number of hydrogen-bond donors (Lipinski definition) is 1. The molecule has 0 unspecified atom stereocenters. The lowest BCUT2D eigenvalue weighted by atomic mass is 10.1. The average molecular weight is 249 g/mol. The summed E-state index contributed by atoms with van der Waals surface area (Å²) < 4.78 is 36.4. The Labute approximate surface area is 99.6 Å². The summed E-state index contributed by atoms with van der Waals surface area (Å²) in [5, 5.41) is 0. The fraction of sp³-hybridized carbons (Fsp3) is 0.417. The van der Waals surface area contributed by atoms with Gasteiger partial charge in [0.05, 0.1) is 5.56 Å². The van der Waals surface area contributed by atoms with Crippen LogP contribution in [0.1, 0.15) is 35.3 Å². The summed E-state index contributed by atoms with van der Waals surface area (Å²) in [7, 11) is 1.50. The molecule has 1 rings (SSSR count). The normalized spacial score (nSPS) is 9.41. The quantitative estimate of drug-likeness (QED) is 0.775. The molecule has 0 aliphatic rings. The van der Waals surface area contributed by atoms with Crippen LogP contribution >= 0.6 is 0 Å². The molecule has 0 spiro atoms. The number of benzene rings is 1. The molecule has 0 bridgehead atoms. The van der Waals surface area contributed by atoms with Gasteiger partial charge in [0.2, 0.25) is 0 Å². The van der Waals surface area contributed by atoms with E-state index in [0.29, 0.717) is 11.8 Å². The van der Waals surface area contributed by atoms with Crippen molar-refractivity contribution in [3.05, 3.63) is 34.9 Å². The van der Waals surface area contributed by atoms with Crippen LogP contribution in [0, 0.1) is 6.92 Å². The molecule has 0 saturated heterocycles. The third-order valence-electron chi connectivity index (χ3n) is 1.73. The number of rotatable bonds is 1. The molecular weight excluding hydrogens is 231 g/mol. The maximum absolute atomic E-state index is 12.1. The number of carbonyl (C=O) groups is 1. The highest BCUT2D eigenvalue weighted by atomic mass is 19.4. The smallest absolute Gasteiger partial charge is 0.333 e. The highest BCUT2D eigenvalue weighted by Crippen LogP contribution is 2.29. The number of carbonyl (C=O) groups excluding carboxylic acids is 1. The topological polar surface area (TPSA) is 43.1 Å². The van der Waals surface area contributed by atoms with E-state index >= 15 is 0 Å². The zero-order valence-electron chi connectivity index (χ0n) is 10.4. The average Bonchev–Trinajstić information content (AvgIpc) is 2.33. The highest BCUT2D eigenvalue weighted by molar-refractivity contribution is 5.77. The summed E-state index contributed by atoms with van der Waals surface area (Å²) in [6, 6.07) is 3.09. The SMILES string of the molecule is CC.CN.Cc1ccc(C(F)(F)F)cc1C=O. The highest BCUT2D eigenvalue weighted by Gasteiger charge is 2.30. The van der Waals surface area contributed by atoms with Gasteiger partial charge in [-0.3, -0.25) is 4.79 Å². The Hall–Kier alpha value is -1.36. The number of aldehydes is 1. The first-order valence-electron chi connectivity index (χ1n) is 5.16. The predicted molar refractivity (Wildman–Crippen MR) is 63.0 cm³/mol. The molecule has 17 heavy (non-hydrogen) atoms. The van der Waals surface area contributed by atoms with E-state index in [9.17, 15) is 18.0 Å². The zero-order valence-corrected chi connectivity index (χ0v) is 10.4. The minimum Gasteiger partial charge on any atom is -0.333 e. The second kappa shape index (κ2) is 8.75. The van der Waals surface area contributed by atoms with Crippen LogP contribution < -0.4 is 5.73 Å². The summed E-state index contributed by atoms with van der Waals surface area (Å²) in [5.74, 6) is 0. The zero-order chi connectivity index (χ0) is 14.1. The summed E-state index contributed by atoms with van der Waals surface area (Å²) in [6.07, 6.45) is -3.96. The van der Waals surface area contributed by atoms with Crippen molar-refractivity contribution in [2.24, 2.45) is 5.73 Å². The Kier molecular flexibility index (Phi) is 9.28. The van der Waals surface area contributed by atoms with Crippen LogP contribution in [0.15, 0.2) is 18.2 Å². The van der Waals surface area contributed by atoms with E-state index in [4.69, 9.17) is 0 Å². The molecule has 0 aliphatic heterocycles. The van der Waals surface area contributed by atoms with Crippen molar-refractivity contribution >= 4 is 6.29 Å². The van der Waals surface area contributed by atoms with Crippen LogP contribution in [0.25, 0.3) is 0 Å². The second-order valence-electron chi connectivity index (χ2n) is 2.69. The Morgan fingerprint density at radius 2 is 1.65 bits per heavy atom. The van der Waals surface area contributed by atoms with Gasteiger partial charge in [0.1, 0.15) is 6.29 Å². The fourth-order valence-electron chi connectivity index (χ4n) is 0.944. The van der Waals surface area contributed by atoms with Crippen molar-refractivity contribution in [1.82, 2.24) is 0 Å². The third-order valence-corrected chi connectivity index (χ3v) is 1.73. The fourth-order valence-corrected chi connectivity index (χ4v) is 0.944. The molecule has 0 saturated carbocycles. The lowest BCUT2D eigenvalue weighted by Gasteiger charge is -2.07. The van der Waals surface area contributed by atoms with Crippen LogP contribution in [-0.4, -0.2) is 13.3 Å². The van der Waals surface area contributed by atoms with Crippen LogP contribution in [0.3, 0.4) is 0 Å². The van der Waals surface area contributed by atoms with Crippen molar-refractivity contribution in [2.45, 2.75) is 26.9 Å². The molecule has 2 nitrogen and oxygen atoms in total. The monoisotopic (exact) mass is 249 g/mol. The number of nitrogens with two attached hydrogens (primary N) is 1. The first-order chi connectivity index (χ1) is 7.95. The Balaban J connectivity index is 0. The molecule has 0 radical (unpaired) electrons. The van der Waals surface area contributed by atoms with E-state index in [2.05, 4.69) is 5.73 Å². The van der Waals surface area contributed by atoms with Crippen molar-refractivity contribution in [3.8, 4) is 0 Å². The minimum atomic E-state index is -4.38. The van der Waals surface area contributed by atoms with E-state index in [1.807, 2.05) is 13.8 Å². The maximum atomic E-state index is 12.1. The molecule has 2 N–H and O–H groups in total. The van der Waals surface area contributed by atoms with Crippen molar-refractivity contribution < 1.29 is 18.0 Å². The van der Waals surface area contributed by atoms with Gasteiger partial charge in [-0.1, -0.05) is 19.9 Å². The predicted octanol–water partition coefficient (Wildman–Crippen LogP) is 3.43. The van der Waals surface area contributed by atoms with Gasteiger partial charge in [-0.25, -0.2) is 0 Å². The number of alkyl halides is 3. The van der Waals surface area contributed by atoms with Crippen LogP contribution in [-0.2, 0) is 6.18 Å². The van der Waals surface area contributed by atoms with E-state index in [-0.39, 0.29) is 5.56 Å². The van der Waals surface area contributed by atoms with Crippen LogP contribution in [0.4, 0.5) is 13.2 Å². The van der Waals surface area contributed by atoms with Gasteiger partial charge in [-0.05, 0) is 31.7 Å². The van der Waals surface area contributed by atoms with E-state index in [1.54, 1.807) is 6.92 Å². The van der Waals surface area contributed by atoms with E-state index < -0.39 is 11.7 Å². The van der Waals surface area contributed by atoms with Crippen molar-refractivity contribution in [3.63, 3.8) is 0 Å². The largest absolute Gasteiger partial charge is 0.416 e. The summed E-state index contributed by atoms with van der Waals surface area (Å²) in [5.41, 5.74) is 4.33. The first-order valence-corrected chi connectivity index (χ1v) is 5.16. The molecule has 0 aromatic heterocycles. The van der Waals surface area contributed by atoms with Crippen LogP contribution in [0.5, 0.6) is 0 Å². The molecule has 1 aromatic carbocycles. The molecule has 0 atom stereocenters. The summed E-state index contributed by atoms with van der Waals surface area (Å²) in [6.45, 7) is 5.59. The van der Waals surface area contributed by atoms with E-state index in [1.165, 1.54) is 13.1 Å². The van der Waals surface area contributed by atoms with E-state index in [0.717, 1.165) is 12.1 Å². The Morgan fingerprint density at radius 3 is 2.00 bits per heavy atom. The molecule has 0 fully saturated rings. The van der Waals surface area contributed by atoms with Gasteiger partial charge < -0.3 is 5.73 Å². The lowest BCUT2D eigenvalue weighted by Crippen LogP contribution is -2.05. The number of hydrogen-bond acceptors (Lipinski definition) is 2. The summed E-state index contributed by atoms with van der Waals surface area (Å²) >= 11 is 0. The van der Waals surface area contributed by atoms with Gasteiger partial charge in [-0.15, -0.1) is 0 Å². The van der Waals surface area contributed by atoms with Crippen LogP contribution in [0.2, 0.25) is 0 Å². The van der Waals surface area contributed by atoms with Crippen molar-refractivity contribution in [2.75, 3.05) is 7.05 Å².